The summed E-state index contributed by atoms with van der Waals surface area (Å²) in [5, 5.41) is 0. The Labute approximate surface area is 92.0 Å². The Bertz CT molecular complexity index is 405. The molecule has 1 unspecified atom stereocenters. The molecule has 0 aromatic heterocycles. The van der Waals surface area contributed by atoms with Crippen LogP contribution >= 0.6 is 0 Å². The van der Waals surface area contributed by atoms with Crippen molar-refractivity contribution in [1.82, 2.24) is 0 Å². The van der Waals surface area contributed by atoms with Gasteiger partial charge in [-0.05, 0) is 12.8 Å². The number of fused-ring (bicyclic) bond motifs is 1. The van der Waals surface area contributed by atoms with Crippen molar-refractivity contribution >= 4 is 11.8 Å². The maximum atomic E-state index is 12.0. The van der Waals surface area contributed by atoms with Crippen LogP contribution in [0.15, 0.2) is 0 Å². The first-order chi connectivity index (χ1) is 7.68. The smallest absolute Gasteiger partial charge is 0.315 e. The molecule has 0 aromatic carbocycles. The molecule has 0 N–H and O–H groups in total. The molecule has 16 heavy (non-hydrogen) atoms. The minimum atomic E-state index is -0.666. The van der Waals surface area contributed by atoms with Crippen molar-refractivity contribution in [2.75, 3.05) is 13.2 Å². The molecule has 5 nitrogen and oxygen atoms in total. The Kier molecular flexibility index (Phi) is 1.42. The van der Waals surface area contributed by atoms with Crippen molar-refractivity contribution in [1.29, 1.82) is 0 Å². The molecule has 1 spiro atoms. The number of Topliss-reactive ketones (excluding diaryl/α,β-unsaturated/α-hetero) is 1. The Morgan fingerprint density at radius 3 is 3.06 bits per heavy atom. The summed E-state index contributed by atoms with van der Waals surface area (Å²) in [4.78, 5) is 23.7. The SMILES string of the molecule is O=C1C[C@@H]2OCC[C@]34CC1O[C@]23COC4=O. The zero-order valence-electron chi connectivity index (χ0n) is 8.73. The molecule has 4 aliphatic heterocycles. The zero-order valence-corrected chi connectivity index (χ0v) is 8.73. The van der Waals surface area contributed by atoms with Gasteiger partial charge in [-0.1, -0.05) is 0 Å². The van der Waals surface area contributed by atoms with E-state index in [1.165, 1.54) is 0 Å². The fourth-order valence-corrected chi connectivity index (χ4v) is 3.76. The number of ether oxygens (including phenoxy) is 3. The third-order valence-electron chi connectivity index (χ3n) is 4.62. The minimum Gasteiger partial charge on any atom is -0.462 e. The molecule has 5 heteroatoms. The van der Waals surface area contributed by atoms with Gasteiger partial charge in [0.25, 0.3) is 0 Å². The number of carbonyl (C=O) groups excluding carboxylic acids is 2. The number of esters is 1. The van der Waals surface area contributed by atoms with Gasteiger partial charge in [-0.3, -0.25) is 9.59 Å². The molecule has 4 aliphatic rings. The largest absolute Gasteiger partial charge is 0.462 e. The van der Waals surface area contributed by atoms with Crippen molar-refractivity contribution in [3.8, 4) is 0 Å². The van der Waals surface area contributed by atoms with E-state index in [9.17, 15) is 9.59 Å². The van der Waals surface area contributed by atoms with Crippen molar-refractivity contribution in [3.63, 3.8) is 0 Å². The van der Waals surface area contributed by atoms with Gasteiger partial charge in [-0.25, -0.2) is 0 Å². The summed E-state index contributed by atoms with van der Waals surface area (Å²) in [7, 11) is 0. The summed E-state index contributed by atoms with van der Waals surface area (Å²) < 4.78 is 16.6. The number of ketones is 1. The molecule has 4 rings (SSSR count). The van der Waals surface area contributed by atoms with Crippen molar-refractivity contribution in [2.45, 2.75) is 37.1 Å². The third kappa shape index (κ3) is 0.729. The highest BCUT2D eigenvalue weighted by atomic mass is 16.6. The van der Waals surface area contributed by atoms with E-state index in [4.69, 9.17) is 14.2 Å². The quantitative estimate of drug-likeness (QED) is 0.534. The number of rotatable bonds is 0. The van der Waals surface area contributed by atoms with Crippen molar-refractivity contribution in [2.24, 2.45) is 5.41 Å². The Hall–Kier alpha value is -0.940. The van der Waals surface area contributed by atoms with E-state index in [0.29, 0.717) is 25.9 Å². The van der Waals surface area contributed by atoms with Crippen LogP contribution in [-0.2, 0) is 23.8 Å². The molecule has 0 amide bonds. The van der Waals surface area contributed by atoms with Gasteiger partial charge in [0.1, 0.15) is 23.7 Å². The summed E-state index contributed by atoms with van der Waals surface area (Å²) in [6.07, 6.45) is 0.768. The van der Waals surface area contributed by atoms with Crippen LogP contribution in [0.4, 0.5) is 0 Å². The first-order valence-electron chi connectivity index (χ1n) is 5.67. The lowest BCUT2D eigenvalue weighted by molar-refractivity contribution is -0.213. The van der Waals surface area contributed by atoms with E-state index in [1.54, 1.807) is 0 Å². The normalized spacial score (nSPS) is 53.8. The average molecular weight is 224 g/mol. The lowest BCUT2D eigenvalue weighted by atomic mass is 9.67. The second-order valence-corrected chi connectivity index (χ2v) is 5.14. The monoisotopic (exact) mass is 224 g/mol. The molecule has 4 heterocycles. The molecular formula is C11H12O5. The number of carbonyl (C=O) groups is 2. The van der Waals surface area contributed by atoms with Gasteiger partial charge in [0.2, 0.25) is 0 Å². The van der Waals surface area contributed by atoms with Crippen molar-refractivity contribution in [3.05, 3.63) is 0 Å². The zero-order chi connectivity index (χ0) is 11.0. The molecule has 4 fully saturated rings. The number of hydrogen-bond donors (Lipinski definition) is 0. The molecule has 0 saturated carbocycles. The Balaban J connectivity index is 1.92. The Morgan fingerprint density at radius 1 is 1.31 bits per heavy atom. The second kappa shape index (κ2) is 2.49. The molecule has 4 saturated heterocycles. The molecule has 0 radical (unpaired) electrons. The number of cyclic esters (lactones) is 1. The summed E-state index contributed by atoms with van der Waals surface area (Å²) in [6, 6.07) is 0. The van der Waals surface area contributed by atoms with Crippen LogP contribution in [0.25, 0.3) is 0 Å². The molecule has 4 atom stereocenters. The van der Waals surface area contributed by atoms with Crippen LogP contribution in [-0.4, -0.2) is 42.8 Å². The van der Waals surface area contributed by atoms with E-state index in [-0.39, 0.29) is 24.5 Å². The number of hydrogen-bond acceptors (Lipinski definition) is 5. The van der Waals surface area contributed by atoms with E-state index < -0.39 is 17.1 Å². The first-order valence-corrected chi connectivity index (χ1v) is 5.67. The predicted octanol–water partition coefficient (Wildman–Crippen LogP) is -0.181. The summed E-state index contributed by atoms with van der Waals surface area (Å²) in [5.74, 6) is -0.128. The molecular weight excluding hydrogens is 212 g/mol. The van der Waals surface area contributed by atoms with Crippen LogP contribution < -0.4 is 0 Å². The van der Waals surface area contributed by atoms with Crippen LogP contribution in [0.5, 0.6) is 0 Å². The predicted molar refractivity (Wildman–Crippen MR) is 49.6 cm³/mol. The highest BCUT2D eigenvalue weighted by molar-refractivity contribution is 5.91. The topological polar surface area (TPSA) is 61.8 Å². The summed E-state index contributed by atoms with van der Waals surface area (Å²) in [6.45, 7) is 0.769. The highest BCUT2D eigenvalue weighted by Gasteiger charge is 2.76. The Morgan fingerprint density at radius 2 is 2.19 bits per heavy atom. The van der Waals surface area contributed by atoms with Crippen LogP contribution in [0.1, 0.15) is 19.3 Å². The average Bonchev–Trinajstić information content (AvgIpc) is 2.74. The minimum absolute atomic E-state index is 0.0686. The second-order valence-electron chi connectivity index (χ2n) is 5.14. The van der Waals surface area contributed by atoms with Crippen molar-refractivity contribution < 1.29 is 23.8 Å². The van der Waals surface area contributed by atoms with E-state index in [1.807, 2.05) is 0 Å². The fraction of sp³-hybridized carbons (Fsp3) is 0.818. The highest BCUT2D eigenvalue weighted by Crippen LogP contribution is 2.61. The van der Waals surface area contributed by atoms with Gasteiger partial charge < -0.3 is 14.2 Å². The lowest BCUT2D eigenvalue weighted by Gasteiger charge is -2.45. The van der Waals surface area contributed by atoms with Gasteiger partial charge in [-0.2, -0.15) is 0 Å². The first kappa shape index (κ1) is 9.13. The summed E-state index contributed by atoms with van der Waals surface area (Å²) >= 11 is 0. The van der Waals surface area contributed by atoms with Gasteiger partial charge in [-0.15, -0.1) is 0 Å². The molecule has 0 aliphatic carbocycles. The molecule has 86 valence electrons. The fourth-order valence-electron chi connectivity index (χ4n) is 3.76. The molecule has 2 bridgehead atoms. The van der Waals surface area contributed by atoms with Crippen LogP contribution in [0.2, 0.25) is 0 Å². The van der Waals surface area contributed by atoms with Gasteiger partial charge in [0.05, 0.1) is 6.10 Å². The third-order valence-corrected chi connectivity index (χ3v) is 4.62. The van der Waals surface area contributed by atoms with E-state index >= 15 is 0 Å². The standard InChI is InChI=1S/C11H12O5/c12-6-3-8-11-5-15-9(13)10(11,1-2-14-8)4-7(6)16-11/h7-8H,1-5H2/t7?,8-,10+,11+/m0/s1. The van der Waals surface area contributed by atoms with E-state index in [2.05, 4.69) is 0 Å². The van der Waals surface area contributed by atoms with E-state index in [0.717, 1.165) is 0 Å². The maximum absolute atomic E-state index is 12.0. The lowest BCUT2D eigenvalue weighted by Crippen LogP contribution is -2.61. The van der Waals surface area contributed by atoms with Gasteiger partial charge >= 0.3 is 5.97 Å². The van der Waals surface area contributed by atoms with Gasteiger partial charge in [0.15, 0.2) is 5.78 Å². The van der Waals surface area contributed by atoms with Crippen LogP contribution in [0, 0.1) is 5.41 Å². The molecule has 0 aromatic rings. The maximum Gasteiger partial charge on any atom is 0.315 e. The van der Waals surface area contributed by atoms with Gasteiger partial charge in [0, 0.05) is 13.0 Å². The van der Waals surface area contributed by atoms with Crippen LogP contribution in [0.3, 0.4) is 0 Å². The summed E-state index contributed by atoms with van der Waals surface area (Å²) in [5.41, 5.74) is -1.27.